The highest BCUT2D eigenvalue weighted by atomic mass is 16.5. The molecule has 19 heavy (non-hydrogen) atoms. The number of carboxylic acids is 1. The van der Waals surface area contributed by atoms with E-state index in [1.54, 1.807) is 14.2 Å². The van der Waals surface area contributed by atoms with Gasteiger partial charge in [-0.1, -0.05) is 12.5 Å². The van der Waals surface area contributed by atoms with Gasteiger partial charge in [0.15, 0.2) is 0 Å². The van der Waals surface area contributed by atoms with Crippen LogP contribution < -0.4 is 9.47 Å². The van der Waals surface area contributed by atoms with Crippen LogP contribution in [0.25, 0.3) is 0 Å². The number of benzene rings is 1. The predicted molar refractivity (Wildman–Crippen MR) is 71.9 cm³/mol. The van der Waals surface area contributed by atoms with Crippen molar-refractivity contribution in [2.45, 2.75) is 31.6 Å². The Bertz CT molecular complexity index is 451. The van der Waals surface area contributed by atoms with Gasteiger partial charge in [-0.05, 0) is 30.4 Å². The topological polar surface area (TPSA) is 55.8 Å². The van der Waals surface area contributed by atoms with Gasteiger partial charge in [0.05, 0.1) is 20.6 Å². The van der Waals surface area contributed by atoms with Crippen molar-refractivity contribution in [2.24, 2.45) is 5.92 Å². The minimum Gasteiger partial charge on any atom is -0.497 e. The van der Waals surface area contributed by atoms with E-state index >= 15 is 0 Å². The summed E-state index contributed by atoms with van der Waals surface area (Å²) in [5, 5.41) is 9.11. The zero-order valence-electron chi connectivity index (χ0n) is 11.4. The second-order valence-corrected chi connectivity index (χ2v) is 5.00. The quantitative estimate of drug-likeness (QED) is 0.858. The first-order valence-corrected chi connectivity index (χ1v) is 6.59. The summed E-state index contributed by atoms with van der Waals surface area (Å²) < 4.78 is 10.6. The molecule has 1 saturated carbocycles. The Balaban J connectivity index is 2.31. The van der Waals surface area contributed by atoms with Crippen LogP contribution in [-0.4, -0.2) is 25.3 Å². The third-order valence-corrected chi connectivity index (χ3v) is 3.95. The van der Waals surface area contributed by atoms with Gasteiger partial charge in [0.25, 0.3) is 0 Å². The normalized spacial score (nSPS) is 16.5. The molecule has 1 atom stereocenters. The van der Waals surface area contributed by atoms with Crippen LogP contribution in [-0.2, 0) is 4.79 Å². The Morgan fingerprint density at radius 2 is 2.11 bits per heavy atom. The average molecular weight is 264 g/mol. The number of aliphatic carboxylic acids is 1. The average Bonchev–Trinajstić information content (AvgIpc) is 2.34. The van der Waals surface area contributed by atoms with Crippen LogP contribution in [0.1, 0.15) is 37.2 Å². The number of rotatable bonds is 6. The summed E-state index contributed by atoms with van der Waals surface area (Å²) in [5.41, 5.74) is 0.982. The smallest absolute Gasteiger partial charge is 0.303 e. The zero-order chi connectivity index (χ0) is 13.8. The highest BCUT2D eigenvalue weighted by Crippen LogP contribution is 2.44. The zero-order valence-corrected chi connectivity index (χ0v) is 11.4. The van der Waals surface area contributed by atoms with E-state index in [-0.39, 0.29) is 12.3 Å². The summed E-state index contributed by atoms with van der Waals surface area (Å²) >= 11 is 0. The monoisotopic (exact) mass is 264 g/mol. The minimum absolute atomic E-state index is 0.0344. The first kappa shape index (κ1) is 13.7. The summed E-state index contributed by atoms with van der Waals surface area (Å²) in [4.78, 5) is 11.1. The van der Waals surface area contributed by atoms with Gasteiger partial charge < -0.3 is 14.6 Å². The van der Waals surface area contributed by atoms with Crippen molar-refractivity contribution in [3.05, 3.63) is 23.8 Å². The molecule has 0 bridgehead atoms. The molecule has 0 amide bonds. The first-order chi connectivity index (χ1) is 9.15. The molecule has 4 heteroatoms. The van der Waals surface area contributed by atoms with Crippen LogP contribution in [0.15, 0.2) is 18.2 Å². The second kappa shape index (κ2) is 5.95. The Morgan fingerprint density at radius 1 is 1.37 bits per heavy atom. The van der Waals surface area contributed by atoms with Crippen molar-refractivity contribution < 1.29 is 19.4 Å². The SMILES string of the molecule is COc1ccc(C(CC(=O)O)C2CCC2)c(OC)c1. The summed E-state index contributed by atoms with van der Waals surface area (Å²) in [7, 11) is 3.21. The van der Waals surface area contributed by atoms with E-state index in [2.05, 4.69) is 0 Å². The lowest BCUT2D eigenvalue weighted by Crippen LogP contribution is -2.23. The molecule has 1 fully saturated rings. The van der Waals surface area contributed by atoms with Crippen molar-refractivity contribution in [1.82, 2.24) is 0 Å². The number of ether oxygens (including phenoxy) is 2. The van der Waals surface area contributed by atoms with Gasteiger partial charge in [0, 0.05) is 12.0 Å². The highest BCUT2D eigenvalue weighted by molar-refractivity contribution is 5.68. The van der Waals surface area contributed by atoms with Crippen molar-refractivity contribution >= 4 is 5.97 Å². The molecule has 4 nitrogen and oxygen atoms in total. The van der Waals surface area contributed by atoms with Crippen molar-refractivity contribution in [1.29, 1.82) is 0 Å². The maximum absolute atomic E-state index is 11.1. The van der Waals surface area contributed by atoms with Crippen molar-refractivity contribution in [2.75, 3.05) is 14.2 Å². The number of carboxylic acid groups (broad SMARTS) is 1. The Hall–Kier alpha value is -1.71. The lowest BCUT2D eigenvalue weighted by molar-refractivity contribution is -0.138. The van der Waals surface area contributed by atoms with E-state index in [0.29, 0.717) is 5.92 Å². The summed E-state index contributed by atoms with van der Waals surface area (Å²) in [6, 6.07) is 5.62. The predicted octanol–water partition coefficient (Wildman–Crippen LogP) is 3.06. The fourth-order valence-corrected chi connectivity index (χ4v) is 2.69. The van der Waals surface area contributed by atoms with E-state index < -0.39 is 5.97 Å². The molecule has 0 spiro atoms. The van der Waals surface area contributed by atoms with E-state index in [9.17, 15) is 4.79 Å². The molecule has 1 unspecified atom stereocenters. The van der Waals surface area contributed by atoms with Crippen LogP contribution in [0.5, 0.6) is 11.5 Å². The van der Waals surface area contributed by atoms with Crippen LogP contribution in [0, 0.1) is 5.92 Å². The lowest BCUT2D eigenvalue weighted by Gasteiger charge is -2.34. The van der Waals surface area contributed by atoms with Gasteiger partial charge in [-0.25, -0.2) is 0 Å². The fourth-order valence-electron chi connectivity index (χ4n) is 2.69. The summed E-state index contributed by atoms with van der Waals surface area (Å²) in [6.07, 6.45) is 3.56. The Labute approximate surface area is 113 Å². The van der Waals surface area contributed by atoms with Gasteiger partial charge in [0.1, 0.15) is 11.5 Å². The Kier molecular flexibility index (Phi) is 4.30. The number of hydrogen-bond acceptors (Lipinski definition) is 3. The molecular weight excluding hydrogens is 244 g/mol. The number of hydrogen-bond donors (Lipinski definition) is 1. The summed E-state index contributed by atoms with van der Waals surface area (Å²) in [6.45, 7) is 0. The van der Waals surface area contributed by atoms with Gasteiger partial charge in [0.2, 0.25) is 0 Å². The van der Waals surface area contributed by atoms with E-state index in [1.807, 2.05) is 18.2 Å². The van der Waals surface area contributed by atoms with Crippen LogP contribution >= 0.6 is 0 Å². The molecule has 0 aromatic heterocycles. The highest BCUT2D eigenvalue weighted by Gasteiger charge is 2.32. The van der Waals surface area contributed by atoms with Crippen LogP contribution in [0.4, 0.5) is 0 Å². The van der Waals surface area contributed by atoms with Crippen molar-refractivity contribution in [3.8, 4) is 11.5 Å². The third-order valence-electron chi connectivity index (χ3n) is 3.95. The molecule has 0 heterocycles. The summed E-state index contributed by atoms with van der Waals surface area (Å²) in [5.74, 6) is 1.18. The molecule has 1 aromatic rings. The van der Waals surface area contributed by atoms with Gasteiger partial charge in [-0.3, -0.25) is 4.79 Å². The number of carbonyl (C=O) groups is 1. The molecule has 0 saturated heterocycles. The molecule has 1 aromatic carbocycles. The molecule has 1 aliphatic carbocycles. The third kappa shape index (κ3) is 3.00. The Morgan fingerprint density at radius 3 is 2.58 bits per heavy atom. The largest absolute Gasteiger partial charge is 0.497 e. The van der Waals surface area contributed by atoms with Crippen molar-refractivity contribution in [3.63, 3.8) is 0 Å². The van der Waals surface area contributed by atoms with Gasteiger partial charge in [-0.15, -0.1) is 0 Å². The van der Waals surface area contributed by atoms with E-state index in [4.69, 9.17) is 14.6 Å². The molecular formula is C15H20O4. The van der Waals surface area contributed by atoms with E-state index in [1.165, 1.54) is 6.42 Å². The maximum atomic E-state index is 11.1. The first-order valence-electron chi connectivity index (χ1n) is 6.59. The standard InChI is InChI=1S/C15H20O4/c1-18-11-6-7-12(14(8-11)19-2)13(9-15(16)17)10-4-3-5-10/h6-8,10,13H,3-5,9H2,1-2H3,(H,16,17). The molecule has 2 rings (SSSR count). The van der Waals surface area contributed by atoms with E-state index in [0.717, 1.165) is 29.9 Å². The van der Waals surface area contributed by atoms with Crippen LogP contribution in [0.2, 0.25) is 0 Å². The molecule has 0 aliphatic heterocycles. The van der Waals surface area contributed by atoms with Gasteiger partial charge >= 0.3 is 5.97 Å². The fraction of sp³-hybridized carbons (Fsp3) is 0.533. The molecule has 1 aliphatic rings. The molecule has 104 valence electrons. The minimum atomic E-state index is -0.755. The van der Waals surface area contributed by atoms with Gasteiger partial charge in [-0.2, -0.15) is 0 Å². The lowest BCUT2D eigenvalue weighted by atomic mass is 9.71. The maximum Gasteiger partial charge on any atom is 0.303 e. The van der Waals surface area contributed by atoms with Crippen LogP contribution in [0.3, 0.4) is 0 Å². The molecule has 1 N–H and O–H groups in total. The second-order valence-electron chi connectivity index (χ2n) is 5.00. The molecule has 0 radical (unpaired) electrons. The number of methoxy groups -OCH3 is 2.